The lowest BCUT2D eigenvalue weighted by Crippen LogP contribution is -2.16. The Kier molecular flexibility index (Phi) is 4.98. The predicted octanol–water partition coefficient (Wildman–Crippen LogP) is 0.918. The van der Waals surface area contributed by atoms with E-state index in [0.29, 0.717) is 0 Å². The molecule has 1 rings (SSSR count). The molecule has 3 N–H and O–H groups in total. The van der Waals surface area contributed by atoms with Crippen molar-refractivity contribution in [2.75, 3.05) is 23.2 Å². The first-order valence-electron chi connectivity index (χ1n) is 4.85. The summed E-state index contributed by atoms with van der Waals surface area (Å²) in [5.41, 5.74) is 0.791. The monoisotopic (exact) mass is 316 g/mol. The van der Waals surface area contributed by atoms with Crippen LogP contribution >= 0.6 is 11.8 Å². The molecule has 1 heterocycles. The molecule has 0 aliphatic heterocycles. The first kappa shape index (κ1) is 16.0. The number of alkyl halides is 3. The van der Waals surface area contributed by atoms with E-state index in [4.69, 9.17) is 5.84 Å². The summed E-state index contributed by atoms with van der Waals surface area (Å²) >= 11 is 0.881. The molecule has 1 aromatic rings. The van der Waals surface area contributed by atoms with Crippen LogP contribution in [0.4, 0.5) is 19.1 Å². The molecule has 0 bridgehead atoms. The fourth-order valence-corrected chi connectivity index (χ4v) is 3.11. The maximum Gasteiger partial charge on any atom is 0.433 e. The van der Waals surface area contributed by atoms with E-state index in [2.05, 4.69) is 9.97 Å². The largest absolute Gasteiger partial charge is 0.433 e. The van der Waals surface area contributed by atoms with E-state index in [1.54, 1.807) is 0 Å². The third kappa shape index (κ3) is 5.61. The number of hydrazine groups is 1. The number of aromatic nitrogens is 2. The van der Waals surface area contributed by atoms with E-state index in [1.165, 1.54) is 0 Å². The zero-order valence-corrected chi connectivity index (χ0v) is 11.4. The summed E-state index contributed by atoms with van der Waals surface area (Å²) in [7, 11) is -3.18. The highest BCUT2D eigenvalue weighted by molar-refractivity contribution is 8.00. The quantitative estimate of drug-likeness (QED) is 0.361. The molecule has 0 spiro atoms. The van der Waals surface area contributed by atoms with Gasteiger partial charge in [0.1, 0.15) is 14.9 Å². The van der Waals surface area contributed by atoms with Crippen LogP contribution in [-0.4, -0.2) is 36.1 Å². The SMILES string of the molecule is CS(=O)(=O)CCSc1cc(C(F)(F)F)nc(NN)n1. The molecule has 6 nitrogen and oxygen atoms in total. The van der Waals surface area contributed by atoms with Crippen LogP contribution in [0.1, 0.15) is 5.69 Å². The molecule has 1 aromatic heterocycles. The molecular formula is C8H11F3N4O2S2. The molecule has 0 aromatic carbocycles. The van der Waals surface area contributed by atoms with Crippen LogP contribution in [0.15, 0.2) is 11.1 Å². The highest BCUT2D eigenvalue weighted by atomic mass is 32.2. The summed E-state index contributed by atoms with van der Waals surface area (Å²) in [5.74, 6) is 4.54. The lowest BCUT2D eigenvalue weighted by Gasteiger charge is -2.09. The van der Waals surface area contributed by atoms with Gasteiger partial charge in [-0.15, -0.1) is 11.8 Å². The first-order valence-corrected chi connectivity index (χ1v) is 7.90. The second-order valence-electron chi connectivity index (χ2n) is 3.54. The minimum Gasteiger partial charge on any atom is -0.292 e. The number of nitrogens with two attached hydrogens (primary N) is 1. The van der Waals surface area contributed by atoms with Crippen LogP contribution in [-0.2, 0) is 16.0 Å². The number of nitrogens with one attached hydrogen (secondary N) is 1. The molecule has 0 unspecified atom stereocenters. The average Bonchev–Trinajstić information content (AvgIpc) is 2.25. The van der Waals surface area contributed by atoms with Crippen LogP contribution in [0, 0.1) is 0 Å². The summed E-state index contributed by atoms with van der Waals surface area (Å²) in [5, 5.41) is -0.000995. The number of thioether (sulfide) groups is 1. The normalized spacial score (nSPS) is 12.5. The van der Waals surface area contributed by atoms with Gasteiger partial charge >= 0.3 is 6.18 Å². The van der Waals surface area contributed by atoms with Gasteiger partial charge in [-0.2, -0.15) is 13.2 Å². The molecule has 108 valence electrons. The second-order valence-corrected chi connectivity index (χ2v) is 6.91. The Morgan fingerprint density at radius 2 is 2.05 bits per heavy atom. The van der Waals surface area contributed by atoms with Crippen LogP contribution in [0.25, 0.3) is 0 Å². The molecule has 0 fully saturated rings. The van der Waals surface area contributed by atoms with Gasteiger partial charge < -0.3 is 0 Å². The van der Waals surface area contributed by atoms with Crippen LogP contribution in [0.2, 0.25) is 0 Å². The summed E-state index contributed by atoms with van der Waals surface area (Å²) in [6.07, 6.45) is -3.58. The smallest absolute Gasteiger partial charge is 0.292 e. The summed E-state index contributed by atoms with van der Waals surface area (Å²) < 4.78 is 59.4. The topological polar surface area (TPSA) is 98.0 Å². The molecule has 0 radical (unpaired) electrons. The second kappa shape index (κ2) is 5.92. The van der Waals surface area contributed by atoms with Crippen molar-refractivity contribution in [2.45, 2.75) is 11.2 Å². The van der Waals surface area contributed by atoms with Gasteiger partial charge in [0.05, 0.1) is 5.75 Å². The molecule has 0 amide bonds. The summed E-state index contributed by atoms with van der Waals surface area (Å²) in [6.45, 7) is 0. The Morgan fingerprint density at radius 1 is 1.42 bits per heavy atom. The van der Waals surface area contributed by atoms with E-state index in [0.717, 1.165) is 24.1 Å². The van der Waals surface area contributed by atoms with Crippen molar-refractivity contribution in [2.24, 2.45) is 5.84 Å². The van der Waals surface area contributed by atoms with E-state index in [9.17, 15) is 21.6 Å². The zero-order chi connectivity index (χ0) is 14.7. The van der Waals surface area contributed by atoms with Crippen molar-refractivity contribution in [3.63, 3.8) is 0 Å². The Hall–Kier alpha value is -1.07. The maximum absolute atomic E-state index is 12.5. The minimum absolute atomic E-state index is 0.000995. The number of sulfone groups is 1. The van der Waals surface area contributed by atoms with Gasteiger partial charge in [-0.3, -0.25) is 5.43 Å². The number of hydrogen-bond acceptors (Lipinski definition) is 7. The number of nitrogen functional groups attached to an aromatic ring is 1. The van der Waals surface area contributed by atoms with Gasteiger partial charge in [0.2, 0.25) is 5.95 Å². The Labute approximate surface area is 111 Å². The van der Waals surface area contributed by atoms with Gasteiger partial charge in [0, 0.05) is 18.1 Å². The summed E-state index contributed by atoms with van der Waals surface area (Å²) in [4.78, 5) is 6.88. The van der Waals surface area contributed by atoms with E-state index < -0.39 is 21.7 Å². The Morgan fingerprint density at radius 3 is 2.53 bits per heavy atom. The number of hydrogen-bond donors (Lipinski definition) is 2. The third-order valence-corrected chi connectivity index (χ3v) is 3.94. The molecule has 0 aliphatic carbocycles. The van der Waals surface area contributed by atoms with Gasteiger partial charge in [0.15, 0.2) is 5.69 Å². The number of halogens is 3. The average molecular weight is 316 g/mol. The van der Waals surface area contributed by atoms with E-state index >= 15 is 0 Å². The van der Waals surface area contributed by atoms with Gasteiger partial charge in [-0.05, 0) is 0 Å². The molecule has 19 heavy (non-hydrogen) atoms. The van der Waals surface area contributed by atoms with Crippen molar-refractivity contribution in [3.05, 3.63) is 11.8 Å². The fourth-order valence-electron chi connectivity index (χ4n) is 1.01. The maximum atomic E-state index is 12.5. The lowest BCUT2D eigenvalue weighted by molar-refractivity contribution is -0.141. The number of anilines is 1. The van der Waals surface area contributed by atoms with E-state index in [-0.39, 0.29) is 22.5 Å². The Balaban J connectivity index is 2.89. The highest BCUT2D eigenvalue weighted by Gasteiger charge is 2.33. The van der Waals surface area contributed by atoms with Crippen molar-refractivity contribution >= 4 is 27.5 Å². The van der Waals surface area contributed by atoms with Crippen molar-refractivity contribution < 1.29 is 21.6 Å². The first-order chi connectivity index (χ1) is 8.62. The molecule has 11 heteroatoms. The number of nitrogens with zero attached hydrogens (tertiary/aromatic N) is 2. The molecule has 0 saturated heterocycles. The van der Waals surface area contributed by atoms with Crippen LogP contribution < -0.4 is 11.3 Å². The zero-order valence-electron chi connectivity index (χ0n) is 9.73. The molecule has 0 atom stereocenters. The minimum atomic E-state index is -4.62. The standard InChI is InChI=1S/C8H11F3N4O2S2/c1-19(16,17)3-2-18-6-4-5(8(9,10)11)13-7(14-6)15-12/h4H,2-3,12H2,1H3,(H,13,14,15). The number of rotatable bonds is 5. The van der Waals surface area contributed by atoms with Gasteiger partial charge in [0.25, 0.3) is 0 Å². The molecular weight excluding hydrogens is 305 g/mol. The van der Waals surface area contributed by atoms with Gasteiger partial charge in [-0.25, -0.2) is 24.2 Å². The van der Waals surface area contributed by atoms with Crippen LogP contribution in [0.5, 0.6) is 0 Å². The molecule has 0 saturated carbocycles. The summed E-state index contributed by atoms with van der Waals surface area (Å²) in [6, 6.07) is 0.744. The van der Waals surface area contributed by atoms with Gasteiger partial charge in [-0.1, -0.05) is 0 Å². The van der Waals surface area contributed by atoms with Crippen molar-refractivity contribution in [1.82, 2.24) is 9.97 Å². The lowest BCUT2D eigenvalue weighted by atomic mass is 10.4. The van der Waals surface area contributed by atoms with Crippen molar-refractivity contribution in [3.8, 4) is 0 Å². The Bertz CT molecular complexity index is 547. The highest BCUT2D eigenvalue weighted by Crippen LogP contribution is 2.30. The fraction of sp³-hybridized carbons (Fsp3) is 0.500. The van der Waals surface area contributed by atoms with E-state index in [1.807, 2.05) is 5.43 Å². The van der Waals surface area contributed by atoms with Crippen LogP contribution in [0.3, 0.4) is 0 Å². The third-order valence-electron chi connectivity index (χ3n) is 1.83. The van der Waals surface area contributed by atoms with Crippen molar-refractivity contribution in [1.29, 1.82) is 0 Å². The predicted molar refractivity (Wildman–Crippen MR) is 65.3 cm³/mol. The molecule has 0 aliphatic rings.